The number of hydrogen-bond donors (Lipinski definition) is 0. The molecule has 1 heterocycles. The monoisotopic (exact) mass is 377 g/mol. The zero-order valence-electron chi connectivity index (χ0n) is 13.1. The van der Waals surface area contributed by atoms with E-state index in [1.54, 1.807) is 0 Å². The predicted octanol–water partition coefficient (Wildman–Crippen LogP) is 4.96. The standard InChI is InChI=1S/C19H21BrFNO/c20-18-7-4-8-19(23-14-15-5-2-1-3-6-15)17(18)13-22-11-9-16(21)10-12-22/h1-8,16H,9-14H2. The van der Waals surface area contributed by atoms with Crippen LogP contribution in [0.25, 0.3) is 0 Å². The first-order chi connectivity index (χ1) is 11.2. The van der Waals surface area contributed by atoms with Gasteiger partial charge in [0.25, 0.3) is 0 Å². The van der Waals surface area contributed by atoms with E-state index in [9.17, 15) is 4.39 Å². The van der Waals surface area contributed by atoms with Crippen LogP contribution in [-0.4, -0.2) is 24.2 Å². The largest absolute Gasteiger partial charge is 0.489 e. The predicted molar refractivity (Wildman–Crippen MR) is 94.3 cm³/mol. The van der Waals surface area contributed by atoms with E-state index in [2.05, 4.69) is 33.0 Å². The summed E-state index contributed by atoms with van der Waals surface area (Å²) in [5.74, 6) is 0.894. The highest BCUT2D eigenvalue weighted by Crippen LogP contribution is 2.30. The highest BCUT2D eigenvalue weighted by Gasteiger charge is 2.20. The molecule has 2 nitrogen and oxygen atoms in total. The van der Waals surface area contributed by atoms with Crippen LogP contribution in [-0.2, 0) is 13.2 Å². The number of hydrogen-bond acceptors (Lipinski definition) is 2. The van der Waals surface area contributed by atoms with Crippen molar-refractivity contribution >= 4 is 15.9 Å². The topological polar surface area (TPSA) is 12.5 Å². The zero-order chi connectivity index (χ0) is 16.1. The number of likely N-dealkylation sites (tertiary alicyclic amines) is 1. The van der Waals surface area contributed by atoms with Crippen molar-refractivity contribution in [2.45, 2.75) is 32.2 Å². The number of benzene rings is 2. The number of halogens is 2. The molecule has 0 saturated carbocycles. The molecule has 1 fully saturated rings. The van der Waals surface area contributed by atoms with E-state index in [1.165, 1.54) is 0 Å². The Labute approximate surface area is 145 Å². The highest BCUT2D eigenvalue weighted by atomic mass is 79.9. The number of ether oxygens (including phenoxy) is 1. The van der Waals surface area contributed by atoms with Crippen molar-refractivity contribution in [1.82, 2.24) is 4.90 Å². The molecular formula is C19H21BrFNO. The molecule has 0 spiro atoms. The van der Waals surface area contributed by atoms with Crippen molar-refractivity contribution in [3.05, 3.63) is 64.1 Å². The molecule has 0 amide bonds. The summed E-state index contributed by atoms with van der Waals surface area (Å²) < 4.78 is 20.4. The Balaban J connectivity index is 1.69. The van der Waals surface area contributed by atoms with Crippen LogP contribution in [0.5, 0.6) is 5.75 Å². The Hall–Kier alpha value is -1.39. The Morgan fingerprint density at radius 2 is 1.78 bits per heavy atom. The van der Waals surface area contributed by atoms with Crippen molar-refractivity contribution in [3.63, 3.8) is 0 Å². The fourth-order valence-corrected chi connectivity index (χ4v) is 3.32. The van der Waals surface area contributed by atoms with Gasteiger partial charge in [-0.1, -0.05) is 52.3 Å². The second-order valence-electron chi connectivity index (χ2n) is 5.94. The van der Waals surface area contributed by atoms with Crippen molar-refractivity contribution in [2.24, 2.45) is 0 Å². The summed E-state index contributed by atoms with van der Waals surface area (Å²) in [6, 6.07) is 16.2. The van der Waals surface area contributed by atoms with Crippen molar-refractivity contribution in [2.75, 3.05) is 13.1 Å². The number of piperidine rings is 1. The minimum atomic E-state index is -0.640. The van der Waals surface area contributed by atoms with Crippen LogP contribution in [0.2, 0.25) is 0 Å². The molecule has 0 atom stereocenters. The van der Waals surface area contributed by atoms with Crippen LogP contribution in [0.15, 0.2) is 53.0 Å². The van der Waals surface area contributed by atoms with E-state index in [-0.39, 0.29) is 0 Å². The van der Waals surface area contributed by atoms with Gasteiger partial charge in [0.2, 0.25) is 0 Å². The van der Waals surface area contributed by atoms with Gasteiger partial charge in [0, 0.05) is 29.7 Å². The normalized spacial score (nSPS) is 16.4. The summed E-state index contributed by atoms with van der Waals surface area (Å²) in [7, 11) is 0. The van der Waals surface area contributed by atoms with Crippen LogP contribution < -0.4 is 4.74 Å². The molecule has 0 aromatic heterocycles. The average molecular weight is 378 g/mol. The van der Waals surface area contributed by atoms with Gasteiger partial charge in [0.15, 0.2) is 0 Å². The van der Waals surface area contributed by atoms with Gasteiger partial charge in [-0.2, -0.15) is 0 Å². The summed E-state index contributed by atoms with van der Waals surface area (Å²) >= 11 is 3.63. The molecule has 0 N–H and O–H groups in total. The van der Waals surface area contributed by atoms with Crippen LogP contribution >= 0.6 is 15.9 Å². The summed E-state index contributed by atoms with van der Waals surface area (Å²) in [6.45, 7) is 2.95. The maximum Gasteiger partial charge on any atom is 0.125 e. The lowest BCUT2D eigenvalue weighted by Gasteiger charge is -2.29. The molecule has 1 saturated heterocycles. The Kier molecular flexibility index (Phi) is 5.68. The molecule has 1 aliphatic rings. The molecule has 0 bridgehead atoms. The van der Waals surface area contributed by atoms with E-state index < -0.39 is 6.17 Å². The molecular weight excluding hydrogens is 357 g/mol. The maximum atomic E-state index is 13.3. The molecule has 2 aromatic carbocycles. The number of alkyl halides is 1. The van der Waals surface area contributed by atoms with Crippen molar-refractivity contribution < 1.29 is 9.13 Å². The summed E-state index contributed by atoms with van der Waals surface area (Å²) in [4.78, 5) is 2.30. The number of rotatable bonds is 5. The second-order valence-corrected chi connectivity index (χ2v) is 6.80. The van der Waals surface area contributed by atoms with Crippen LogP contribution in [0, 0.1) is 0 Å². The minimum Gasteiger partial charge on any atom is -0.489 e. The Bertz CT molecular complexity index is 627. The third kappa shape index (κ3) is 4.55. The molecule has 23 heavy (non-hydrogen) atoms. The smallest absolute Gasteiger partial charge is 0.125 e. The van der Waals surface area contributed by atoms with E-state index in [4.69, 9.17) is 4.74 Å². The summed E-state index contributed by atoms with van der Waals surface area (Å²) in [5, 5.41) is 0. The lowest BCUT2D eigenvalue weighted by molar-refractivity contribution is 0.143. The van der Waals surface area contributed by atoms with Gasteiger partial charge in [0.05, 0.1) is 0 Å². The molecule has 0 unspecified atom stereocenters. The van der Waals surface area contributed by atoms with Gasteiger partial charge in [-0.15, -0.1) is 0 Å². The van der Waals surface area contributed by atoms with Gasteiger partial charge < -0.3 is 4.74 Å². The molecule has 0 aliphatic carbocycles. The lowest BCUT2D eigenvalue weighted by Crippen LogP contribution is -2.34. The lowest BCUT2D eigenvalue weighted by atomic mass is 10.1. The third-order valence-electron chi connectivity index (χ3n) is 4.21. The molecule has 0 radical (unpaired) electrons. The zero-order valence-corrected chi connectivity index (χ0v) is 14.6. The maximum absolute atomic E-state index is 13.3. The Morgan fingerprint density at radius 1 is 1.04 bits per heavy atom. The average Bonchev–Trinajstić information content (AvgIpc) is 2.58. The minimum absolute atomic E-state index is 0.552. The first kappa shape index (κ1) is 16.5. The van der Waals surface area contributed by atoms with Crippen LogP contribution in [0.3, 0.4) is 0 Å². The second kappa shape index (κ2) is 7.93. The molecule has 1 aliphatic heterocycles. The quantitative estimate of drug-likeness (QED) is 0.729. The first-order valence-electron chi connectivity index (χ1n) is 8.03. The van der Waals surface area contributed by atoms with E-state index in [0.29, 0.717) is 19.4 Å². The van der Waals surface area contributed by atoms with Crippen molar-refractivity contribution in [1.29, 1.82) is 0 Å². The molecule has 3 rings (SSSR count). The Morgan fingerprint density at radius 3 is 2.52 bits per heavy atom. The van der Waals surface area contributed by atoms with Gasteiger partial charge >= 0.3 is 0 Å². The number of nitrogens with zero attached hydrogens (tertiary/aromatic N) is 1. The molecule has 2 aromatic rings. The molecule has 4 heteroatoms. The van der Waals surface area contributed by atoms with E-state index in [1.807, 2.05) is 36.4 Å². The van der Waals surface area contributed by atoms with Gasteiger partial charge in [0.1, 0.15) is 18.5 Å². The van der Waals surface area contributed by atoms with Crippen LogP contribution in [0.4, 0.5) is 4.39 Å². The third-order valence-corrected chi connectivity index (χ3v) is 4.95. The highest BCUT2D eigenvalue weighted by molar-refractivity contribution is 9.10. The van der Waals surface area contributed by atoms with Crippen LogP contribution in [0.1, 0.15) is 24.0 Å². The summed E-state index contributed by atoms with van der Waals surface area (Å²) in [6.07, 6.45) is 0.620. The van der Waals surface area contributed by atoms with Gasteiger partial charge in [-0.3, -0.25) is 4.90 Å². The molecule has 122 valence electrons. The van der Waals surface area contributed by atoms with Crippen molar-refractivity contribution in [3.8, 4) is 5.75 Å². The van der Waals surface area contributed by atoms with E-state index in [0.717, 1.165) is 41.0 Å². The SMILES string of the molecule is FC1CCN(Cc2c(Br)cccc2OCc2ccccc2)CC1. The first-order valence-corrected chi connectivity index (χ1v) is 8.82. The fourth-order valence-electron chi connectivity index (χ4n) is 2.85. The fraction of sp³-hybridized carbons (Fsp3) is 0.368. The van der Waals surface area contributed by atoms with E-state index >= 15 is 0 Å². The van der Waals surface area contributed by atoms with Gasteiger partial charge in [-0.25, -0.2) is 4.39 Å². The summed E-state index contributed by atoms with van der Waals surface area (Å²) in [5.41, 5.74) is 2.29. The van der Waals surface area contributed by atoms with Gasteiger partial charge in [-0.05, 0) is 30.5 Å².